The van der Waals surface area contributed by atoms with Crippen molar-refractivity contribution in [2.24, 2.45) is 46.2 Å². The Kier molecular flexibility index (Phi) is 4.76. The topological polar surface area (TPSA) is 72.2 Å². The van der Waals surface area contributed by atoms with Gasteiger partial charge in [-0.25, -0.2) is 0 Å². The predicted octanol–water partition coefficient (Wildman–Crippen LogP) is 4.58. The van der Waals surface area contributed by atoms with Gasteiger partial charge < -0.3 is 11.1 Å². The third-order valence-electron chi connectivity index (χ3n) is 9.34. The molecule has 162 valence electrons. The lowest BCUT2D eigenvalue weighted by atomic mass is 9.44. The molecule has 4 aliphatic rings. The van der Waals surface area contributed by atoms with E-state index >= 15 is 0 Å². The zero-order chi connectivity index (χ0) is 21.4. The Bertz CT molecular complexity index is 763. The Labute approximate surface area is 176 Å². The van der Waals surface area contributed by atoms with E-state index in [1.807, 2.05) is 0 Å². The quantitative estimate of drug-likeness (QED) is 0.676. The van der Waals surface area contributed by atoms with Crippen molar-refractivity contribution < 1.29 is 9.59 Å². The highest BCUT2D eigenvalue weighted by Gasteiger charge is 2.62. The molecule has 4 rings (SSSR count). The average molecular weight is 401 g/mol. The number of nitrogens with one attached hydrogen (secondary N) is 1. The number of Topliss-reactive ketones (excluding diaryl/α,β-unsaturated/α-hetero) is 1. The van der Waals surface area contributed by atoms with Gasteiger partial charge in [0.15, 0.2) is 5.78 Å². The second kappa shape index (κ2) is 6.59. The second-order valence-electron chi connectivity index (χ2n) is 12.1. The third kappa shape index (κ3) is 3.08. The van der Waals surface area contributed by atoms with Crippen LogP contribution in [0.4, 0.5) is 0 Å². The molecular formula is C25H40N2O2. The van der Waals surface area contributed by atoms with E-state index in [0.717, 1.165) is 38.5 Å². The summed E-state index contributed by atoms with van der Waals surface area (Å²) in [5.41, 5.74) is 8.15. The number of carbonyl (C=O) groups excluding carboxylic acids is 2. The number of ketones is 1. The molecule has 4 aliphatic carbocycles. The number of carbonyl (C=O) groups is 2. The molecule has 4 heteroatoms. The summed E-state index contributed by atoms with van der Waals surface area (Å²) in [7, 11) is 0. The molecule has 0 aliphatic heterocycles. The van der Waals surface area contributed by atoms with Crippen LogP contribution in [0.2, 0.25) is 0 Å². The molecular weight excluding hydrogens is 360 g/mol. The van der Waals surface area contributed by atoms with E-state index < -0.39 is 0 Å². The smallest absolute Gasteiger partial charge is 0.224 e. The Morgan fingerprint density at radius 3 is 2.45 bits per heavy atom. The number of hydrogen-bond donors (Lipinski definition) is 2. The minimum atomic E-state index is -0.180. The summed E-state index contributed by atoms with van der Waals surface area (Å²) < 4.78 is 0. The fourth-order valence-electron chi connectivity index (χ4n) is 7.96. The van der Waals surface area contributed by atoms with Crippen LogP contribution in [-0.2, 0) is 9.59 Å². The van der Waals surface area contributed by atoms with Crippen LogP contribution in [0.25, 0.3) is 0 Å². The molecule has 0 saturated heterocycles. The normalized spacial score (nSPS) is 44.8. The summed E-state index contributed by atoms with van der Waals surface area (Å²) in [6.45, 7) is 13.4. The average Bonchev–Trinajstić information content (AvgIpc) is 2.96. The number of amides is 1. The SMILES string of the molecule is CC1CC2=C(N)C(=O)CC[C@]2(C)[C@H]2CC[C@]3(C)[C@@H](C(=O)NC(C)(C)C)CC[C@H]3[C@H]12. The predicted molar refractivity (Wildman–Crippen MR) is 116 cm³/mol. The standard InChI is InChI=1S/C25H40N2O2/c1-14-13-18-21(26)19(28)10-12-25(18,6)16-9-11-24(5)15(20(14)16)7-8-17(24)22(29)27-23(2,3)4/h14-17,20H,7-13,26H2,1-6H3,(H,27,29)/t14?,15-,16-,17+,20-,24-,25+/m0/s1. The third-order valence-corrected chi connectivity index (χ3v) is 9.34. The van der Waals surface area contributed by atoms with Crippen LogP contribution in [0.1, 0.15) is 86.5 Å². The van der Waals surface area contributed by atoms with E-state index in [0.29, 0.717) is 35.8 Å². The van der Waals surface area contributed by atoms with Crippen LogP contribution in [0, 0.1) is 40.4 Å². The summed E-state index contributed by atoms with van der Waals surface area (Å²) in [5, 5.41) is 3.27. The summed E-state index contributed by atoms with van der Waals surface area (Å²) in [4.78, 5) is 25.5. The number of nitrogens with two attached hydrogens (primary N) is 1. The van der Waals surface area contributed by atoms with E-state index in [1.165, 1.54) is 5.57 Å². The molecule has 4 nitrogen and oxygen atoms in total. The monoisotopic (exact) mass is 400 g/mol. The molecule has 7 atom stereocenters. The number of allylic oxidation sites excluding steroid dienone is 1. The number of hydrogen-bond acceptors (Lipinski definition) is 3. The second-order valence-corrected chi connectivity index (χ2v) is 12.1. The van der Waals surface area contributed by atoms with E-state index in [-0.39, 0.29) is 34.0 Å². The van der Waals surface area contributed by atoms with Crippen molar-refractivity contribution in [2.45, 2.75) is 92.0 Å². The van der Waals surface area contributed by atoms with Crippen LogP contribution in [0.5, 0.6) is 0 Å². The molecule has 0 bridgehead atoms. The molecule has 0 aromatic heterocycles. The minimum Gasteiger partial charge on any atom is -0.396 e. The minimum absolute atomic E-state index is 0.0717. The van der Waals surface area contributed by atoms with Crippen LogP contribution >= 0.6 is 0 Å². The summed E-state index contributed by atoms with van der Waals surface area (Å²) >= 11 is 0. The van der Waals surface area contributed by atoms with Crippen molar-refractivity contribution in [3.63, 3.8) is 0 Å². The lowest BCUT2D eigenvalue weighted by Gasteiger charge is -2.60. The van der Waals surface area contributed by atoms with Crippen molar-refractivity contribution in [1.29, 1.82) is 0 Å². The highest BCUT2D eigenvalue weighted by Crippen LogP contribution is 2.68. The first-order valence-corrected chi connectivity index (χ1v) is 11.7. The summed E-state index contributed by atoms with van der Waals surface area (Å²) in [5.74, 6) is 2.90. The molecule has 0 aromatic carbocycles. The van der Waals surface area contributed by atoms with Gasteiger partial charge in [-0.3, -0.25) is 9.59 Å². The van der Waals surface area contributed by atoms with Crippen molar-refractivity contribution in [1.82, 2.24) is 5.32 Å². The molecule has 0 aromatic rings. The van der Waals surface area contributed by atoms with Gasteiger partial charge in [-0.15, -0.1) is 0 Å². The Balaban J connectivity index is 1.65. The van der Waals surface area contributed by atoms with E-state index in [1.54, 1.807) is 0 Å². The highest BCUT2D eigenvalue weighted by atomic mass is 16.2. The van der Waals surface area contributed by atoms with Gasteiger partial charge >= 0.3 is 0 Å². The van der Waals surface area contributed by atoms with Gasteiger partial charge in [0.1, 0.15) is 0 Å². The Morgan fingerprint density at radius 2 is 1.79 bits per heavy atom. The molecule has 1 unspecified atom stereocenters. The fourth-order valence-corrected chi connectivity index (χ4v) is 7.96. The molecule has 29 heavy (non-hydrogen) atoms. The maximum Gasteiger partial charge on any atom is 0.224 e. The zero-order valence-electron chi connectivity index (χ0n) is 19.2. The first kappa shape index (κ1) is 20.9. The Hall–Kier alpha value is -1.32. The van der Waals surface area contributed by atoms with Crippen LogP contribution in [-0.4, -0.2) is 17.2 Å². The molecule has 0 spiro atoms. The van der Waals surface area contributed by atoms with Gasteiger partial charge in [-0.1, -0.05) is 20.8 Å². The Morgan fingerprint density at radius 1 is 1.10 bits per heavy atom. The van der Waals surface area contributed by atoms with Gasteiger partial charge in [0, 0.05) is 17.9 Å². The van der Waals surface area contributed by atoms with Crippen LogP contribution in [0.3, 0.4) is 0 Å². The highest BCUT2D eigenvalue weighted by molar-refractivity contribution is 5.96. The molecule has 3 N–H and O–H groups in total. The maximum atomic E-state index is 13.2. The van der Waals surface area contributed by atoms with Gasteiger partial charge in [0.25, 0.3) is 0 Å². The van der Waals surface area contributed by atoms with E-state index in [2.05, 4.69) is 46.9 Å². The molecule has 0 radical (unpaired) electrons. The maximum absolute atomic E-state index is 13.2. The molecule has 3 fully saturated rings. The van der Waals surface area contributed by atoms with Gasteiger partial charge in [-0.05, 0) is 99.4 Å². The fraction of sp³-hybridized carbons (Fsp3) is 0.840. The van der Waals surface area contributed by atoms with Gasteiger partial charge in [0.2, 0.25) is 5.91 Å². The lowest BCUT2D eigenvalue weighted by Crippen LogP contribution is -2.55. The molecule has 1 amide bonds. The number of rotatable bonds is 1. The van der Waals surface area contributed by atoms with Crippen molar-refractivity contribution in [3.8, 4) is 0 Å². The van der Waals surface area contributed by atoms with Gasteiger partial charge in [0.05, 0.1) is 5.70 Å². The molecule has 0 heterocycles. The van der Waals surface area contributed by atoms with Gasteiger partial charge in [-0.2, -0.15) is 0 Å². The van der Waals surface area contributed by atoms with E-state index in [4.69, 9.17) is 5.73 Å². The van der Waals surface area contributed by atoms with Crippen molar-refractivity contribution >= 4 is 11.7 Å². The first-order chi connectivity index (χ1) is 13.4. The van der Waals surface area contributed by atoms with E-state index in [9.17, 15) is 9.59 Å². The van der Waals surface area contributed by atoms with Crippen LogP contribution < -0.4 is 11.1 Å². The zero-order valence-corrected chi connectivity index (χ0v) is 19.2. The van der Waals surface area contributed by atoms with Crippen molar-refractivity contribution in [2.75, 3.05) is 0 Å². The first-order valence-electron chi connectivity index (χ1n) is 11.7. The largest absolute Gasteiger partial charge is 0.396 e. The lowest BCUT2D eigenvalue weighted by molar-refractivity contribution is -0.135. The molecule has 3 saturated carbocycles. The number of fused-ring (bicyclic) bond motifs is 5. The van der Waals surface area contributed by atoms with Crippen molar-refractivity contribution in [3.05, 3.63) is 11.3 Å². The summed E-state index contributed by atoms with van der Waals surface area (Å²) in [6, 6.07) is 0. The van der Waals surface area contributed by atoms with Crippen LogP contribution in [0.15, 0.2) is 11.3 Å². The summed E-state index contributed by atoms with van der Waals surface area (Å²) in [6.07, 6.45) is 6.95.